The second-order valence-corrected chi connectivity index (χ2v) is 5.31. The van der Waals surface area contributed by atoms with E-state index in [1.807, 2.05) is 24.3 Å². The molecule has 1 saturated heterocycles. The number of fused-ring (bicyclic) bond motifs is 1. The van der Waals surface area contributed by atoms with Gasteiger partial charge in [-0.05, 0) is 31.4 Å². The van der Waals surface area contributed by atoms with Gasteiger partial charge < -0.3 is 14.5 Å². The summed E-state index contributed by atoms with van der Waals surface area (Å²) in [4.78, 5) is 11.9. The van der Waals surface area contributed by atoms with E-state index in [0.717, 1.165) is 48.3 Å². The van der Waals surface area contributed by atoms with Gasteiger partial charge in [0.25, 0.3) is 0 Å². The van der Waals surface area contributed by atoms with Crippen molar-refractivity contribution in [3.05, 3.63) is 30.0 Å². The van der Waals surface area contributed by atoms with Crippen molar-refractivity contribution in [2.24, 2.45) is 0 Å². The van der Waals surface area contributed by atoms with Crippen LogP contribution in [0.3, 0.4) is 0 Å². The molecule has 0 saturated carbocycles. The van der Waals surface area contributed by atoms with Gasteiger partial charge in [0.05, 0.1) is 19.7 Å². The van der Waals surface area contributed by atoms with Crippen LogP contribution in [0.15, 0.2) is 28.7 Å². The molecule has 0 bridgehead atoms. The zero-order valence-electron chi connectivity index (χ0n) is 12.1. The molecule has 0 radical (unpaired) electrons. The highest BCUT2D eigenvalue weighted by Crippen LogP contribution is 2.28. The minimum Gasteiger partial charge on any atom is -0.493 e. The van der Waals surface area contributed by atoms with E-state index in [-0.39, 0.29) is 11.9 Å². The Morgan fingerprint density at radius 3 is 3.19 bits per heavy atom. The number of hydrogen-bond acceptors (Lipinski definition) is 4. The highest BCUT2D eigenvalue weighted by atomic mass is 16.5. The highest BCUT2D eigenvalue weighted by molar-refractivity contribution is 5.84. The Labute approximate surface area is 123 Å². The standard InChI is InChI=1S/C16H20N2O3/c1-20-14-7-4-5-11-9-12(21-15(11)14)10-18-13-6-2-3-8-17-16(13)19/h4-5,7,9,13,18H,2-3,6,8,10H2,1H3,(H,17,19). The van der Waals surface area contributed by atoms with Crippen molar-refractivity contribution in [1.82, 2.24) is 10.6 Å². The Balaban J connectivity index is 1.71. The molecule has 1 aliphatic heterocycles. The zero-order chi connectivity index (χ0) is 14.7. The summed E-state index contributed by atoms with van der Waals surface area (Å²) in [6.45, 7) is 1.31. The fraction of sp³-hybridized carbons (Fsp3) is 0.438. The van der Waals surface area contributed by atoms with Gasteiger partial charge in [-0.1, -0.05) is 12.1 Å². The van der Waals surface area contributed by atoms with Crippen molar-refractivity contribution in [3.63, 3.8) is 0 Å². The van der Waals surface area contributed by atoms with Gasteiger partial charge in [-0.25, -0.2) is 0 Å². The fourth-order valence-corrected chi connectivity index (χ4v) is 2.70. The van der Waals surface area contributed by atoms with Crippen LogP contribution < -0.4 is 15.4 Å². The molecule has 1 unspecified atom stereocenters. The van der Waals surface area contributed by atoms with Gasteiger partial charge in [0.15, 0.2) is 11.3 Å². The smallest absolute Gasteiger partial charge is 0.237 e. The molecule has 2 aromatic rings. The van der Waals surface area contributed by atoms with E-state index in [0.29, 0.717) is 6.54 Å². The maximum atomic E-state index is 11.9. The number of para-hydroxylation sites is 1. The van der Waals surface area contributed by atoms with Crippen molar-refractivity contribution in [2.75, 3.05) is 13.7 Å². The number of rotatable bonds is 4. The SMILES string of the molecule is COc1cccc2cc(CNC3CCCCNC3=O)oc12. The molecule has 2 heterocycles. The van der Waals surface area contributed by atoms with E-state index in [1.54, 1.807) is 7.11 Å². The molecule has 5 nitrogen and oxygen atoms in total. The lowest BCUT2D eigenvalue weighted by molar-refractivity contribution is -0.122. The third kappa shape index (κ3) is 3.03. The molecule has 1 atom stereocenters. The largest absolute Gasteiger partial charge is 0.493 e. The Kier molecular flexibility index (Phi) is 4.10. The van der Waals surface area contributed by atoms with Crippen molar-refractivity contribution in [3.8, 4) is 5.75 Å². The second-order valence-electron chi connectivity index (χ2n) is 5.31. The lowest BCUT2D eigenvalue weighted by atomic mass is 10.1. The van der Waals surface area contributed by atoms with Gasteiger partial charge in [-0.15, -0.1) is 0 Å². The van der Waals surface area contributed by atoms with E-state index in [9.17, 15) is 4.79 Å². The molecule has 1 fully saturated rings. The summed E-state index contributed by atoms with van der Waals surface area (Å²) < 4.78 is 11.1. The first-order valence-corrected chi connectivity index (χ1v) is 7.34. The van der Waals surface area contributed by atoms with E-state index in [1.165, 1.54) is 0 Å². The molecule has 112 valence electrons. The topological polar surface area (TPSA) is 63.5 Å². The van der Waals surface area contributed by atoms with E-state index < -0.39 is 0 Å². The molecular formula is C16H20N2O3. The Hall–Kier alpha value is -2.01. The van der Waals surface area contributed by atoms with E-state index in [4.69, 9.17) is 9.15 Å². The van der Waals surface area contributed by atoms with Gasteiger partial charge in [0, 0.05) is 11.9 Å². The first-order valence-electron chi connectivity index (χ1n) is 7.34. The van der Waals surface area contributed by atoms with Crippen molar-refractivity contribution >= 4 is 16.9 Å². The normalized spacial score (nSPS) is 19.3. The van der Waals surface area contributed by atoms with Gasteiger partial charge in [-0.2, -0.15) is 0 Å². The van der Waals surface area contributed by atoms with Crippen LogP contribution >= 0.6 is 0 Å². The molecule has 0 spiro atoms. The maximum absolute atomic E-state index is 11.9. The average Bonchev–Trinajstić information content (AvgIpc) is 2.81. The molecule has 1 aliphatic rings. The van der Waals surface area contributed by atoms with Crippen molar-refractivity contribution < 1.29 is 13.9 Å². The Bertz CT molecular complexity index is 635. The fourth-order valence-electron chi connectivity index (χ4n) is 2.70. The van der Waals surface area contributed by atoms with Crippen LogP contribution in [0.5, 0.6) is 5.75 Å². The summed E-state index contributed by atoms with van der Waals surface area (Å²) in [5, 5.41) is 7.21. The van der Waals surface area contributed by atoms with Crippen LogP contribution in [0.2, 0.25) is 0 Å². The van der Waals surface area contributed by atoms with Gasteiger partial charge >= 0.3 is 0 Å². The van der Waals surface area contributed by atoms with Crippen LogP contribution in [-0.4, -0.2) is 25.6 Å². The average molecular weight is 288 g/mol. The maximum Gasteiger partial charge on any atom is 0.237 e. The molecule has 1 amide bonds. The molecule has 5 heteroatoms. The quantitative estimate of drug-likeness (QED) is 0.905. The summed E-state index contributed by atoms with van der Waals surface area (Å²) in [6.07, 6.45) is 2.98. The van der Waals surface area contributed by atoms with E-state index >= 15 is 0 Å². The number of amides is 1. The Morgan fingerprint density at radius 2 is 2.33 bits per heavy atom. The highest BCUT2D eigenvalue weighted by Gasteiger charge is 2.20. The predicted octanol–water partition coefficient (Wildman–Crippen LogP) is 2.20. The molecule has 1 aromatic heterocycles. The number of carbonyl (C=O) groups excluding carboxylic acids is 1. The van der Waals surface area contributed by atoms with Crippen LogP contribution in [0, 0.1) is 0 Å². The molecule has 1 aromatic carbocycles. The van der Waals surface area contributed by atoms with Crippen LogP contribution in [0.4, 0.5) is 0 Å². The van der Waals surface area contributed by atoms with Gasteiger partial charge in [-0.3, -0.25) is 10.1 Å². The predicted molar refractivity (Wildman–Crippen MR) is 80.3 cm³/mol. The lowest BCUT2D eigenvalue weighted by Crippen LogP contribution is -2.42. The summed E-state index contributed by atoms with van der Waals surface area (Å²) >= 11 is 0. The third-order valence-electron chi connectivity index (χ3n) is 3.84. The molecule has 2 N–H and O–H groups in total. The summed E-state index contributed by atoms with van der Waals surface area (Å²) in [7, 11) is 1.63. The first-order chi connectivity index (χ1) is 10.3. The lowest BCUT2D eigenvalue weighted by Gasteiger charge is -2.13. The number of ether oxygens (including phenoxy) is 1. The summed E-state index contributed by atoms with van der Waals surface area (Å²) in [6, 6.07) is 7.65. The van der Waals surface area contributed by atoms with Gasteiger partial charge in [0.2, 0.25) is 5.91 Å². The monoisotopic (exact) mass is 288 g/mol. The number of hydrogen-bond donors (Lipinski definition) is 2. The van der Waals surface area contributed by atoms with Gasteiger partial charge in [0.1, 0.15) is 5.76 Å². The number of nitrogens with one attached hydrogen (secondary N) is 2. The molecule has 0 aliphatic carbocycles. The van der Waals surface area contributed by atoms with Crippen molar-refractivity contribution in [2.45, 2.75) is 31.8 Å². The molecule has 21 heavy (non-hydrogen) atoms. The Morgan fingerprint density at radius 1 is 1.43 bits per heavy atom. The molecule has 3 rings (SSSR count). The van der Waals surface area contributed by atoms with Crippen molar-refractivity contribution in [1.29, 1.82) is 0 Å². The minimum atomic E-state index is -0.136. The van der Waals surface area contributed by atoms with E-state index in [2.05, 4.69) is 10.6 Å². The minimum absolute atomic E-state index is 0.0844. The number of methoxy groups -OCH3 is 1. The van der Waals surface area contributed by atoms with Crippen LogP contribution in [-0.2, 0) is 11.3 Å². The van der Waals surface area contributed by atoms with Crippen LogP contribution in [0.1, 0.15) is 25.0 Å². The summed E-state index contributed by atoms with van der Waals surface area (Å²) in [5.74, 6) is 1.62. The molecular weight excluding hydrogens is 268 g/mol. The zero-order valence-corrected chi connectivity index (χ0v) is 12.1. The first kappa shape index (κ1) is 13.9. The third-order valence-corrected chi connectivity index (χ3v) is 3.84. The number of furan rings is 1. The number of benzene rings is 1. The number of carbonyl (C=O) groups is 1. The van der Waals surface area contributed by atoms with Crippen LogP contribution in [0.25, 0.3) is 11.0 Å². The second kappa shape index (κ2) is 6.18. The summed E-state index contributed by atoms with van der Waals surface area (Å²) in [5.41, 5.74) is 0.752.